The van der Waals surface area contributed by atoms with Crippen molar-refractivity contribution in [1.82, 2.24) is 10.3 Å². The Labute approximate surface area is 110 Å². The lowest BCUT2D eigenvalue weighted by atomic mass is 10.2. The molecule has 1 aliphatic heterocycles. The summed E-state index contributed by atoms with van der Waals surface area (Å²) < 4.78 is 0. The molecule has 1 saturated heterocycles. The van der Waals surface area contributed by atoms with Crippen molar-refractivity contribution < 1.29 is 9.59 Å². The number of carbonyl (C=O) groups excluding carboxylic acids is 2. The van der Waals surface area contributed by atoms with Gasteiger partial charge in [0.25, 0.3) is 0 Å². The SMILES string of the molecule is NCC#Cc1cccc(NC(=O)C2CCC(=O)N2)n1. The molecule has 2 heterocycles. The fourth-order valence-corrected chi connectivity index (χ4v) is 1.74. The van der Waals surface area contributed by atoms with Gasteiger partial charge in [-0.15, -0.1) is 0 Å². The average Bonchev–Trinajstić information content (AvgIpc) is 2.83. The highest BCUT2D eigenvalue weighted by Gasteiger charge is 2.27. The second kappa shape index (κ2) is 5.98. The van der Waals surface area contributed by atoms with Crippen LogP contribution in [0.3, 0.4) is 0 Å². The lowest BCUT2D eigenvalue weighted by molar-refractivity contribution is -0.122. The fourth-order valence-electron chi connectivity index (χ4n) is 1.74. The monoisotopic (exact) mass is 258 g/mol. The number of nitrogens with zero attached hydrogens (tertiary/aromatic N) is 1. The van der Waals surface area contributed by atoms with E-state index in [1.54, 1.807) is 18.2 Å². The molecule has 0 aliphatic carbocycles. The van der Waals surface area contributed by atoms with Gasteiger partial charge in [-0.05, 0) is 24.5 Å². The molecule has 0 bridgehead atoms. The summed E-state index contributed by atoms with van der Waals surface area (Å²) in [6.07, 6.45) is 0.894. The van der Waals surface area contributed by atoms with E-state index in [1.165, 1.54) is 0 Å². The number of rotatable bonds is 2. The molecule has 0 radical (unpaired) electrons. The van der Waals surface area contributed by atoms with Crippen molar-refractivity contribution in [2.75, 3.05) is 11.9 Å². The van der Waals surface area contributed by atoms with Crippen LogP contribution in [0.25, 0.3) is 0 Å². The molecular weight excluding hydrogens is 244 g/mol. The number of hydrogen-bond acceptors (Lipinski definition) is 4. The van der Waals surface area contributed by atoms with Gasteiger partial charge in [0.15, 0.2) is 0 Å². The minimum Gasteiger partial charge on any atom is -0.344 e. The summed E-state index contributed by atoms with van der Waals surface area (Å²) in [5, 5.41) is 5.26. The Morgan fingerprint density at radius 1 is 1.58 bits per heavy atom. The molecule has 1 aliphatic rings. The predicted molar refractivity (Wildman–Crippen MR) is 70.0 cm³/mol. The minimum atomic E-state index is -0.479. The molecule has 0 saturated carbocycles. The van der Waals surface area contributed by atoms with E-state index >= 15 is 0 Å². The van der Waals surface area contributed by atoms with Crippen LogP contribution in [0.5, 0.6) is 0 Å². The molecule has 2 rings (SSSR count). The van der Waals surface area contributed by atoms with Crippen LogP contribution in [-0.2, 0) is 9.59 Å². The van der Waals surface area contributed by atoms with Gasteiger partial charge < -0.3 is 16.4 Å². The van der Waals surface area contributed by atoms with Gasteiger partial charge >= 0.3 is 0 Å². The third kappa shape index (κ3) is 3.53. The lowest BCUT2D eigenvalue weighted by Crippen LogP contribution is -2.37. The van der Waals surface area contributed by atoms with E-state index in [2.05, 4.69) is 27.5 Å². The van der Waals surface area contributed by atoms with Crippen LogP contribution in [0.1, 0.15) is 18.5 Å². The highest BCUT2D eigenvalue weighted by atomic mass is 16.2. The third-order valence-electron chi connectivity index (χ3n) is 2.63. The van der Waals surface area contributed by atoms with Crippen molar-refractivity contribution in [3.05, 3.63) is 23.9 Å². The fraction of sp³-hybridized carbons (Fsp3) is 0.308. The van der Waals surface area contributed by atoms with Crippen LogP contribution in [0.15, 0.2) is 18.2 Å². The summed E-state index contributed by atoms with van der Waals surface area (Å²) >= 11 is 0. The summed E-state index contributed by atoms with van der Waals surface area (Å²) in [5.41, 5.74) is 5.82. The first-order chi connectivity index (χ1) is 9.19. The molecule has 19 heavy (non-hydrogen) atoms. The largest absolute Gasteiger partial charge is 0.344 e. The van der Waals surface area contributed by atoms with Crippen molar-refractivity contribution in [3.63, 3.8) is 0 Å². The second-order valence-electron chi connectivity index (χ2n) is 4.06. The molecule has 0 aromatic carbocycles. The molecule has 4 N–H and O–H groups in total. The zero-order valence-corrected chi connectivity index (χ0v) is 10.3. The smallest absolute Gasteiger partial charge is 0.248 e. The van der Waals surface area contributed by atoms with Crippen LogP contribution in [0, 0.1) is 11.8 Å². The van der Waals surface area contributed by atoms with Crippen LogP contribution in [0.2, 0.25) is 0 Å². The van der Waals surface area contributed by atoms with Crippen molar-refractivity contribution in [3.8, 4) is 11.8 Å². The molecule has 1 unspecified atom stereocenters. The maximum Gasteiger partial charge on any atom is 0.248 e. The molecule has 2 amide bonds. The van der Waals surface area contributed by atoms with Crippen LogP contribution < -0.4 is 16.4 Å². The summed E-state index contributed by atoms with van der Waals surface area (Å²) in [7, 11) is 0. The van der Waals surface area contributed by atoms with Gasteiger partial charge in [0.05, 0.1) is 6.54 Å². The zero-order valence-electron chi connectivity index (χ0n) is 10.3. The molecule has 1 aromatic rings. The Hall–Kier alpha value is -2.39. The molecule has 6 nitrogen and oxygen atoms in total. The van der Waals surface area contributed by atoms with Gasteiger partial charge in [0.2, 0.25) is 11.8 Å². The number of carbonyl (C=O) groups is 2. The van der Waals surface area contributed by atoms with Crippen molar-refractivity contribution in [1.29, 1.82) is 0 Å². The van der Waals surface area contributed by atoms with E-state index in [-0.39, 0.29) is 18.4 Å². The summed E-state index contributed by atoms with van der Waals surface area (Å²) in [5.74, 6) is 5.53. The van der Waals surface area contributed by atoms with Crippen LogP contribution in [-0.4, -0.2) is 29.4 Å². The van der Waals surface area contributed by atoms with Crippen molar-refractivity contribution >= 4 is 17.6 Å². The van der Waals surface area contributed by atoms with E-state index < -0.39 is 6.04 Å². The molecule has 1 aromatic heterocycles. The number of pyridine rings is 1. The number of nitrogens with two attached hydrogens (primary N) is 1. The number of anilines is 1. The first-order valence-corrected chi connectivity index (χ1v) is 5.95. The van der Waals surface area contributed by atoms with Gasteiger partial charge in [0, 0.05) is 6.42 Å². The maximum absolute atomic E-state index is 11.9. The van der Waals surface area contributed by atoms with Gasteiger partial charge in [0.1, 0.15) is 17.6 Å². The Kier molecular flexibility index (Phi) is 4.11. The maximum atomic E-state index is 11.9. The first-order valence-electron chi connectivity index (χ1n) is 5.95. The number of hydrogen-bond donors (Lipinski definition) is 3. The standard InChI is InChI=1S/C13H14N4O2/c14-8-2-4-9-3-1-5-11(15-9)17-13(19)10-6-7-12(18)16-10/h1,3,5,10H,6-8,14H2,(H,16,18)(H,15,17,19). The zero-order chi connectivity index (χ0) is 13.7. The first kappa shape index (κ1) is 13.1. The Morgan fingerprint density at radius 2 is 2.42 bits per heavy atom. The molecule has 6 heteroatoms. The Morgan fingerprint density at radius 3 is 3.11 bits per heavy atom. The van der Waals surface area contributed by atoms with Crippen molar-refractivity contribution in [2.45, 2.75) is 18.9 Å². The number of amides is 2. The van der Waals surface area contributed by atoms with E-state index in [0.29, 0.717) is 24.4 Å². The quantitative estimate of drug-likeness (QED) is 0.629. The van der Waals surface area contributed by atoms with Gasteiger partial charge in [-0.1, -0.05) is 12.0 Å². The van der Waals surface area contributed by atoms with Gasteiger partial charge in [-0.25, -0.2) is 4.98 Å². The van der Waals surface area contributed by atoms with Crippen LogP contribution in [0.4, 0.5) is 5.82 Å². The highest BCUT2D eigenvalue weighted by molar-refractivity contribution is 5.98. The molecular formula is C13H14N4O2. The lowest BCUT2D eigenvalue weighted by Gasteiger charge is -2.10. The van der Waals surface area contributed by atoms with Gasteiger partial charge in [-0.2, -0.15) is 0 Å². The van der Waals surface area contributed by atoms with E-state index in [0.717, 1.165) is 0 Å². The minimum absolute atomic E-state index is 0.101. The number of nitrogens with one attached hydrogen (secondary N) is 2. The topological polar surface area (TPSA) is 97.1 Å². The highest BCUT2D eigenvalue weighted by Crippen LogP contribution is 2.10. The summed E-state index contributed by atoms with van der Waals surface area (Å²) in [6.45, 7) is 0.256. The summed E-state index contributed by atoms with van der Waals surface area (Å²) in [6, 6.07) is 4.67. The molecule has 1 atom stereocenters. The third-order valence-corrected chi connectivity index (χ3v) is 2.63. The molecule has 0 spiro atoms. The second-order valence-corrected chi connectivity index (χ2v) is 4.06. The average molecular weight is 258 g/mol. The molecule has 1 fully saturated rings. The number of aromatic nitrogens is 1. The normalized spacial score (nSPS) is 17.3. The predicted octanol–water partition coefficient (Wildman–Crippen LogP) is -0.391. The Bertz CT molecular complexity index is 559. The van der Waals surface area contributed by atoms with Crippen molar-refractivity contribution in [2.24, 2.45) is 5.73 Å². The van der Waals surface area contributed by atoms with E-state index in [4.69, 9.17) is 5.73 Å². The molecule has 98 valence electrons. The Balaban J connectivity index is 2.02. The van der Waals surface area contributed by atoms with E-state index in [9.17, 15) is 9.59 Å². The summed E-state index contributed by atoms with van der Waals surface area (Å²) in [4.78, 5) is 27.1. The van der Waals surface area contributed by atoms with Gasteiger partial charge in [-0.3, -0.25) is 9.59 Å². The van der Waals surface area contributed by atoms with E-state index in [1.807, 2.05) is 0 Å². The van der Waals surface area contributed by atoms with Crippen LogP contribution >= 0.6 is 0 Å².